The smallest absolute Gasteiger partial charge is 0.336 e. The first-order valence-corrected chi connectivity index (χ1v) is 10.3. The van der Waals surface area contributed by atoms with E-state index in [2.05, 4.69) is 16.0 Å². The van der Waals surface area contributed by atoms with E-state index < -0.39 is 41.9 Å². The van der Waals surface area contributed by atoms with Crippen LogP contribution in [0.25, 0.3) is 0 Å². The van der Waals surface area contributed by atoms with E-state index in [1.165, 1.54) is 24.3 Å². The summed E-state index contributed by atoms with van der Waals surface area (Å²) in [6, 6.07) is 2.73. The van der Waals surface area contributed by atoms with Crippen LogP contribution in [0.1, 0.15) is 41.2 Å². The highest BCUT2D eigenvalue weighted by molar-refractivity contribution is 5.93. The molecule has 2 amide bonds. The van der Waals surface area contributed by atoms with E-state index in [-0.39, 0.29) is 42.8 Å². The monoisotopic (exact) mass is 460 g/mol. The van der Waals surface area contributed by atoms with Crippen molar-refractivity contribution in [1.29, 1.82) is 5.41 Å². The zero-order valence-corrected chi connectivity index (χ0v) is 17.8. The number of rotatable bonds is 12. The van der Waals surface area contributed by atoms with Gasteiger partial charge in [0, 0.05) is 25.1 Å². The van der Waals surface area contributed by atoms with Crippen LogP contribution in [0, 0.1) is 5.41 Å². The molecule has 2 rings (SSSR count). The van der Waals surface area contributed by atoms with Gasteiger partial charge in [0.05, 0.1) is 17.6 Å². The van der Waals surface area contributed by atoms with Crippen LogP contribution in [0.3, 0.4) is 0 Å². The van der Waals surface area contributed by atoms with Crippen molar-refractivity contribution in [3.63, 3.8) is 0 Å². The predicted molar refractivity (Wildman–Crippen MR) is 119 cm³/mol. The van der Waals surface area contributed by atoms with Gasteiger partial charge in [0.1, 0.15) is 5.84 Å². The predicted octanol–water partition coefficient (Wildman–Crippen LogP) is -0.925. The minimum Gasteiger partial charge on any atom is -0.479 e. The van der Waals surface area contributed by atoms with Crippen molar-refractivity contribution in [1.82, 2.24) is 16.0 Å². The van der Waals surface area contributed by atoms with Crippen LogP contribution in [0.5, 0.6) is 0 Å². The van der Waals surface area contributed by atoms with Gasteiger partial charge in [0.2, 0.25) is 11.8 Å². The maximum Gasteiger partial charge on any atom is 0.336 e. The van der Waals surface area contributed by atoms with E-state index >= 15 is 0 Å². The van der Waals surface area contributed by atoms with Gasteiger partial charge in [0.15, 0.2) is 6.04 Å². The first-order chi connectivity index (χ1) is 15.6. The molecule has 0 aromatic heterocycles. The number of amidine groups is 1. The molecule has 3 atom stereocenters. The summed E-state index contributed by atoms with van der Waals surface area (Å²) < 4.78 is 0. The Bertz CT molecular complexity index is 962. The Kier molecular flexibility index (Phi) is 9.07. The summed E-state index contributed by atoms with van der Waals surface area (Å²) in [4.78, 5) is 47.4. The lowest BCUT2D eigenvalue weighted by atomic mass is 10.00. The second kappa shape index (κ2) is 11.7. The summed E-state index contributed by atoms with van der Waals surface area (Å²) in [7, 11) is 0. The summed E-state index contributed by atoms with van der Waals surface area (Å²) in [5.74, 6) is -3.78. The number of amides is 2. The van der Waals surface area contributed by atoms with Crippen LogP contribution >= 0.6 is 0 Å². The third-order valence-electron chi connectivity index (χ3n) is 5.09. The van der Waals surface area contributed by atoms with E-state index in [0.29, 0.717) is 6.54 Å². The molecule has 0 bridgehead atoms. The number of aliphatic carboxylic acids is 1. The summed E-state index contributed by atoms with van der Waals surface area (Å²) in [6.07, 6.45) is 2.20. The van der Waals surface area contributed by atoms with Gasteiger partial charge in [-0.1, -0.05) is 24.3 Å². The van der Waals surface area contributed by atoms with Gasteiger partial charge in [-0.3, -0.25) is 15.0 Å². The molecule has 1 aliphatic heterocycles. The third-order valence-corrected chi connectivity index (χ3v) is 5.09. The molecule has 0 saturated carbocycles. The highest BCUT2D eigenvalue weighted by Crippen LogP contribution is 2.19. The molecule has 0 fully saturated rings. The maximum absolute atomic E-state index is 12.2. The highest BCUT2D eigenvalue weighted by Gasteiger charge is 2.27. The van der Waals surface area contributed by atoms with Crippen molar-refractivity contribution in [3.8, 4) is 0 Å². The number of carboxylic acid groups (broad SMARTS) is 2. The SMILES string of the molecule is N=C(N)C1NCC=C1CC(N)C(=O)NCCCC(=O)NC(C(=O)O)c1ccccc1C(=O)O. The fraction of sp³-hybridized carbons (Fsp3) is 0.381. The van der Waals surface area contributed by atoms with Crippen LogP contribution in [0.4, 0.5) is 0 Å². The zero-order chi connectivity index (χ0) is 24.5. The van der Waals surface area contributed by atoms with E-state index in [1.54, 1.807) is 0 Å². The number of carbonyl (C=O) groups excluding carboxylic acids is 2. The fourth-order valence-electron chi connectivity index (χ4n) is 3.46. The Labute approximate surface area is 189 Å². The zero-order valence-electron chi connectivity index (χ0n) is 17.8. The largest absolute Gasteiger partial charge is 0.479 e. The Morgan fingerprint density at radius 3 is 2.55 bits per heavy atom. The molecule has 178 valence electrons. The Morgan fingerprint density at radius 1 is 1.21 bits per heavy atom. The van der Waals surface area contributed by atoms with Crippen molar-refractivity contribution in [2.45, 2.75) is 37.4 Å². The van der Waals surface area contributed by atoms with Gasteiger partial charge < -0.3 is 37.6 Å². The van der Waals surface area contributed by atoms with Gasteiger partial charge in [-0.05, 0) is 24.5 Å². The second-order valence-electron chi connectivity index (χ2n) is 7.51. The number of hydrogen-bond donors (Lipinski definition) is 8. The number of carbonyl (C=O) groups is 4. The van der Waals surface area contributed by atoms with Crippen molar-refractivity contribution < 1.29 is 29.4 Å². The molecular weight excluding hydrogens is 432 g/mol. The van der Waals surface area contributed by atoms with E-state index in [9.17, 15) is 29.4 Å². The summed E-state index contributed by atoms with van der Waals surface area (Å²) in [5.41, 5.74) is 11.9. The summed E-state index contributed by atoms with van der Waals surface area (Å²) in [5, 5.41) is 34.2. The number of aromatic carboxylic acids is 1. The Hall–Kier alpha value is -3.77. The fourth-order valence-corrected chi connectivity index (χ4v) is 3.46. The quantitative estimate of drug-likeness (QED) is 0.0834. The van der Waals surface area contributed by atoms with Crippen molar-refractivity contribution >= 4 is 29.6 Å². The van der Waals surface area contributed by atoms with Gasteiger partial charge in [0.25, 0.3) is 0 Å². The van der Waals surface area contributed by atoms with E-state index in [1.807, 2.05) is 6.08 Å². The minimum absolute atomic E-state index is 0.0373. The van der Waals surface area contributed by atoms with Crippen molar-refractivity contribution in [3.05, 3.63) is 47.0 Å². The molecule has 10 N–H and O–H groups in total. The molecule has 0 radical (unpaired) electrons. The van der Waals surface area contributed by atoms with Crippen LogP contribution in [0.2, 0.25) is 0 Å². The molecule has 1 aromatic carbocycles. The molecule has 12 heteroatoms. The first kappa shape index (κ1) is 25.5. The second-order valence-corrected chi connectivity index (χ2v) is 7.51. The number of nitrogens with one attached hydrogen (secondary N) is 4. The van der Waals surface area contributed by atoms with Gasteiger partial charge in [-0.25, -0.2) is 9.59 Å². The number of hydrogen-bond acceptors (Lipinski definition) is 7. The summed E-state index contributed by atoms with van der Waals surface area (Å²) in [6.45, 7) is 0.675. The lowest BCUT2D eigenvalue weighted by Gasteiger charge is -2.18. The Balaban J connectivity index is 1.81. The topological polar surface area (TPSA) is 221 Å². The molecule has 1 heterocycles. The first-order valence-electron chi connectivity index (χ1n) is 10.3. The van der Waals surface area contributed by atoms with Gasteiger partial charge >= 0.3 is 11.9 Å². The van der Waals surface area contributed by atoms with Gasteiger partial charge in [-0.15, -0.1) is 0 Å². The molecule has 0 saturated heterocycles. The molecule has 1 aliphatic rings. The molecule has 0 spiro atoms. The lowest BCUT2D eigenvalue weighted by molar-refractivity contribution is -0.142. The number of nitrogens with two attached hydrogens (primary N) is 2. The normalized spacial score (nSPS) is 16.9. The molecule has 1 aromatic rings. The average molecular weight is 460 g/mol. The van der Waals surface area contributed by atoms with Crippen LogP contribution in [-0.2, 0) is 14.4 Å². The van der Waals surface area contributed by atoms with Crippen molar-refractivity contribution in [2.24, 2.45) is 11.5 Å². The summed E-state index contributed by atoms with van der Waals surface area (Å²) >= 11 is 0. The Morgan fingerprint density at radius 2 is 1.91 bits per heavy atom. The van der Waals surface area contributed by atoms with E-state index in [0.717, 1.165) is 5.57 Å². The minimum atomic E-state index is -1.52. The standard InChI is InChI=1S/C21H28N6O6/c22-14(10-11-7-9-25-16(11)18(23)24)19(29)26-8-3-6-15(28)27-17(21(32)33)12-4-1-2-5-13(12)20(30)31/h1-2,4-5,7,14,16-17,25H,3,6,8-10,22H2,(H3,23,24)(H,26,29)(H,27,28)(H,30,31)(H,32,33). The maximum atomic E-state index is 12.2. The van der Waals surface area contributed by atoms with Crippen LogP contribution in [0.15, 0.2) is 35.9 Å². The number of carboxylic acids is 2. The molecular formula is C21H28N6O6. The van der Waals surface area contributed by atoms with E-state index in [4.69, 9.17) is 16.9 Å². The molecule has 12 nitrogen and oxygen atoms in total. The van der Waals surface area contributed by atoms with Gasteiger partial charge in [-0.2, -0.15) is 0 Å². The number of benzene rings is 1. The molecule has 33 heavy (non-hydrogen) atoms. The van der Waals surface area contributed by atoms with Crippen molar-refractivity contribution in [2.75, 3.05) is 13.1 Å². The van der Waals surface area contributed by atoms with Crippen LogP contribution < -0.4 is 27.4 Å². The lowest BCUT2D eigenvalue weighted by Crippen LogP contribution is -2.44. The average Bonchev–Trinajstić information content (AvgIpc) is 3.23. The van der Waals surface area contributed by atoms with Crippen LogP contribution in [-0.4, -0.2) is 65.0 Å². The molecule has 0 aliphatic carbocycles. The highest BCUT2D eigenvalue weighted by atomic mass is 16.4. The molecule has 3 unspecified atom stereocenters. The third kappa shape index (κ3) is 7.12.